The first-order valence-corrected chi connectivity index (χ1v) is 18.3. The fourth-order valence-corrected chi connectivity index (χ4v) is 5.30. The van der Waals surface area contributed by atoms with E-state index in [4.69, 9.17) is 16.6 Å². The van der Waals surface area contributed by atoms with Crippen LogP contribution < -0.4 is 43.4 Å². The van der Waals surface area contributed by atoms with Gasteiger partial charge in [0.25, 0.3) is 0 Å². The highest BCUT2D eigenvalue weighted by Gasteiger charge is 2.32. The molecule has 0 aliphatic rings. The van der Waals surface area contributed by atoms with E-state index in [0.717, 1.165) is 0 Å². The van der Waals surface area contributed by atoms with Crippen molar-refractivity contribution in [2.75, 3.05) is 18.6 Å². The van der Waals surface area contributed by atoms with Gasteiger partial charge < -0.3 is 48.5 Å². The predicted molar refractivity (Wildman–Crippen MR) is 195 cm³/mol. The zero-order valence-corrected chi connectivity index (χ0v) is 31.3. The van der Waals surface area contributed by atoms with E-state index >= 15 is 0 Å². The predicted octanol–water partition coefficient (Wildman–Crippen LogP) is -1.47. The van der Waals surface area contributed by atoms with Crippen LogP contribution in [0, 0.1) is 11.8 Å². The molecule has 0 bridgehead atoms. The topological polar surface area (TPSA) is 281 Å². The van der Waals surface area contributed by atoms with Crippen molar-refractivity contribution < 1.29 is 43.5 Å². The van der Waals surface area contributed by atoms with Gasteiger partial charge in [-0.2, -0.15) is 11.8 Å². The monoisotopic (exact) mass is 750 g/mol. The molecule has 290 valence electrons. The molecule has 0 fully saturated rings. The highest BCUT2D eigenvalue weighted by atomic mass is 32.2. The van der Waals surface area contributed by atoms with Crippen molar-refractivity contribution in [2.45, 2.75) is 96.6 Å². The number of rotatable bonds is 23. The van der Waals surface area contributed by atoms with Gasteiger partial charge in [0, 0.05) is 6.42 Å². The Bertz CT molecular complexity index is 1400. The van der Waals surface area contributed by atoms with Crippen molar-refractivity contribution in [3.05, 3.63) is 35.9 Å². The summed E-state index contributed by atoms with van der Waals surface area (Å²) in [6.45, 7) is 7.85. The van der Waals surface area contributed by atoms with Crippen molar-refractivity contribution in [1.29, 1.82) is 0 Å². The lowest BCUT2D eigenvalue weighted by Crippen LogP contribution is -2.59. The van der Waals surface area contributed by atoms with Crippen LogP contribution >= 0.6 is 11.8 Å². The van der Waals surface area contributed by atoms with Crippen LogP contribution in [0.1, 0.15) is 59.4 Å². The zero-order chi connectivity index (χ0) is 39.5. The minimum Gasteiger partial charge on any atom is -0.481 e. The minimum atomic E-state index is -1.40. The van der Waals surface area contributed by atoms with Gasteiger partial charge in [0.2, 0.25) is 41.4 Å². The molecule has 7 amide bonds. The Hall–Kier alpha value is -4.71. The first-order chi connectivity index (χ1) is 24.4. The molecule has 11 N–H and O–H groups in total. The molecule has 1 rings (SSSR count). The average molecular weight is 751 g/mol. The van der Waals surface area contributed by atoms with Gasteiger partial charge in [0.05, 0.1) is 19.0 Å². The molecule has 0 saturated carbocycles. The van der Waals surface area contributed by atoms with E-state index in [2.05, 4.69) is 31.9 Å². The van der Waals surface area contributed by atoms with Crippen LogP contribution in [0.4, 0.5) is 0 Å². The van der Waals surface area contributed by atoms with Crippen molar-refractivity contribution in [2.24, 2.45) is 23.3 Å². The number of carbonyl (C=O) groups excluding carboxylic acids is 7. The highest BCUT2D eigenvalue weighted by molar-refractivity contribution is 7.98. The number of hydrogen-bond donors (Lipinski definition) is 9. The van der Waals surface area contributed by atoms with Crippen molar-refractivity contribution in [3.8, 4) is 0 Å². The molecule has 6 atom stereocenters. The summed E-state index contributed by atoms with van der Waals surface area (Å²) >= 11 is 1.48. The normalized spacial score (nSPS) is 14.5. The smallest absolute Gasteiger partial charge is 0.305 e. The van der Waals surface area contributed by atoms with Crippen LogP contribution in [0.5, 0.6) is 0 Å². The number of carboxylic acid groups (broad SMARTS) is 1. The lowest BCUT2D eigenvalue weighted by molar-refractivity contribution is -0.139. The van der Waals surface area contributed by atoms with Crippen LogP contribution in [-0.4, -0.2) is 107 Å². The van der Waals surface area contributed by atoms with Gasteiger partial charge in [0.15, 0.2) is 0 Å². The average Bonchev–Trinajstić information content (AvgIpc) is 3.06. The maximum atomic E-state index is 13.6. The molecule has 0 aliphatic carbocycles. The Labute approximate surface area is 308 Å². The highest BCUT2D eigenvalue weighted by Crippen LogP contribution is 2.09. The van der Waals surface area contributed by atoms with E-state index in [0.29, 0.717) is 17.7 Å². The summed E-state index contributed by atoms with van der Waals surface area (Å²) in [6.07, 6.45) is 1.78. The van der Waals surface area contributed by atoms with Gasteiger partial charge in [-0.1, -0.05) is 58.0 Å². The number of hydrogen-bond acceptors (Lipinski definition) is 10. The van der Waals surface area contributed by atoms with E-state index in [1.807, 2.05) is 20.1 Å². The maximum Gasteiger partial charge on any atom is 0.305 e. The molecule has 52 heavy (non-hydrogen) atoms. The van der Waals surface area contributed by atoms with Gasteiger partial charge in [-0.15, -0.1) is 0 Å². The number of benzene rings is 1. The molecule has 1 aromatic rings. The Morgan fingerprint density at radius 3 is 1.88 bits per heavy atom. The Morgan fingerprint density at radius 1 is 0.750 bits per heavy atom. The molecule has 17 nitrogen and oxygen atoms in total. The molecule has 0 aliphatic heterocycles. The van der Waals surface area contributed by atoms with E-state index in [1.54, 1.807) is 44.2 Å². The molecule has 1 aromatic carbocycles. The molecule has 0 saturated heterocycles. The fourth-order valence-electron chi connectivity index (χ4n) is 4.83. The van der Waals surface area contributed by atoms with Gasteiger partial charge >= 0.3 is 5.97 Å². The van der Waals surface area contributed by atoms with Gasteiger partial charge in [-0.05, 0) is 49.2 Å². The van der Waals surface area contributed by atoms with Crippen LogP contribution in [0.15, 0.2) is 30.3 Å². The summed E-state index contributed by atoms with van der Waals surface area (Å²) in [5.74, 6) is -6.23. The number of thioether (sulfide) groups is 1. The summed E-state index contributed by atoms with van der Waals surface area (Å²) in [5.41, 5.74) is 11.7. The lowest BCUT2D eigenvalue weighted by Gasteiger charge is -2.27. The Morgan fingerprint density at radius 2 is 1.35 bits per heavy atom. The van der Waals surface area contributed by atoms with E-state index in [1.165, 1.54) is 18.7 Å². The van der Waals surface area contributed by atoms with Crippen molar-refractivity contribution >= 4 is 59.1 Å². The quantitative estimate of drug-likeness (QED) is 0.0623. The second-order valence-electron chi connectivity index (χ2n) is 13.1. The second kappa shape index (κ2) is 23.0. The number of aliphatic carboxylic acids is 1. The zero-order valence-electron chi connectivity index (χ0n) is 30.5. The largest absolute Gasteiger partial charge is 0.481 e. The number of nitrogens with one attached hydrogen (secondary N) is 6. The van der Waals surface area contributed by atoms with Gasteiger partial charge in [-0.25, -0.2) is 0 Å². The summed E-state index contributed by atoms with van der Waals surface area (Å²) in [7, 11) is 0. The summed E-state index contributed by atoms with van der Waals surface area (Å²) in [4.78, 5) is 101. The number of amides is 7. The number of primary amides is 1. The molecule has 18 heteroatoms. The van der Waals surface area contributed by atoms with Crippen LogP contribution in [-0.2, 0) is 44.8 Å². The summed E-state index contributed by atoms with van der Waals surface area (Å²) < 4.78 is 0. The Kier molecular flexibility index (Phi) is 20.0. The fraction of sp³-hybridized carbons (Fsp3) is 0.588. The third-order valence-electron chi connectivity index (χ3n) is 7.70. The minimum absolute atomic E-state index is 0.0116. The third-order valence-corrected chi connectivity index (χ3v) is 8.34. The molecule has 0 unspecified atom stereocenters. The standard InChI is InChI=1S/C34H54N8O9S/c1-18(2)14-24(32(49)40-23(29(36)46)12-13-52-6)39-26(43)17-37-34(51)28(19(3)4)42-33(50)25(15-21-10-8-7-9-11-21)41-30(47)20(5)38-31(48)22(35)16-27(44)45/h7-11,18-20,22-25,28H,12-17,35H2,1-6H3,(H2,36,46)(H,37,51)(H,38,48)(H,39,43)(H,40,49)(H,41,47)(H,42,50)(H,44,45)/t20-,22-,23-,24-,25-,28-/m0/s1. The third kappa shape index (κ3) is 17.0. The molecular weight excluding hydrogens is 696 g/mol. The van der Waals surface area contributed by atoms with E-state index in [9.17, 15) is 38.4 Å². The van der Waals surface area contributed by atoms with E-state index < -0.39 is 102 Å². The number of carbonyl (C=O) groups is 8. The first-order valence-electron chi connectivity index (χ1n) is 16.9. The molecule has 0 spiro atoms. The molecule has 0 radical (unpaired) electrons. The summed E-state index contributed by atoms with van der Waals surface area (Å²) in [6, 6.07) is 1.84. The molecule has 0 heterocycles. The second-order valence-corrected chi connectivity index (χ2v) is 14.1. The summed E-state index contributed by atoms with van der Waals surface area (Å²) in [5, 5.41) is 24.1. The van der Waals surface area contributed by atoms with Crippen LogP contribution in [0.25, 0.3) is 0 Å². The van der Waals surface area contributed by atoms with Crippen molar-refractivity contribution in [3.63, 3.8) is 0 Å². The van der Waals surface area contributed by atoms with Crippen LogP contribution in [0.2, 0.25) is 0 Å². The lowest BCUT2D eigenvalue weighted by atomic mass is 10.0. The molecule has 0 aromatic heterocycles. The SMILES string of the molecule is CSCC[C@H](NC(=O)[C@H](CC(C)C)NC(=O)CNC(=O)[C@@H](NC(=O)[C@H](Cc1ccccc1)NC(=O)[C@H](C)NC(=O)[C@@H](N)CC(=O)O)C(C)C)C(N)=O. The van der Waals surface area contributed by atoms with E-state index in [-0.39, 0.29) is 18.8 Å². The van der Waals surface area contributed by atoms with Gasteiger partial charge in [0.1, 0.15) is 30.2 Å². The number of carboxylic acids is 1. The first kappa shape index (κ1) is 45.3. The molecular formula is C34H54N8O9S. The number of nitrogens with two attached hydrogens (primary N) is 2. The van der Waals surface area contributed by atoms with Gasteiger partial charge in [-0.3, -0.25) is 38.4 Å². The van der Waals surface area contributed by atoms with Crippen molar-refractivity contribution in [1.82, 2.24) is 31.9 Å². The Balaban J connectivity index is 3.02. The maximum absolute atomic E-state index is 13.6. The van der Waals surface area contributed by atoms with Crippen LogP contribution in [0.3, 0.4) is 0 Å².